The molecule has 8 heteroatoms. The van der Waals surface area contributed by atoms with Crippen LogP contribution in [-0.2, 0) is 4.79 Å². The average molecular weight is 459 g/mol. The Morgan fingerprint density at radius 2 is 1.87 bits per heavy atom. The van der Waals surface area contributed by atoms with Crippen LogP contribution >= 0.6 is 24.0 Å². The molecule has 0 saturated carbocycles. The summed E-state index contributed by atoms with van der Waals surface area (Å²) in [6.07, 6.45) is 1.58. The molecule has 1 saturated heterocycles. The molecule has 0 aliphatic carbocycles. The summed E-state index contributed by atoms with van der Waals surface area (Å²) in [6, 6.07) is 11.7. The van der Waals surface area contributed by atoms with Gasteiger partial charge in [0.25, 0.3) is 5.91 Å². The van der Waals surface area contributed by atoms with Crippen LogP contribution in [0.15, 0.2) is 41.5 Å². The lowest BCUT2D eigenvalue weighted by molar-refractivity contribution is -0.123. The van der Waals surface area contributed by atoms with Crippen LogP contribution in [-0.4, -0.2) is 47.5 Å². The van der Waals surface area contributed by atoms with Crippen LogP contribution in [0.1, 0.15) is 36.5 Å². The third kappa shape index (κ3) is 5.98. The first-order chi connectivity index (χ1) is 14.9. The van der Waals surface area contributed by atoms with E-state index in [9.17, 15) is 4.79 Å². The molecule has 0 radical (unpaired) electrons. The van der Waals surface area contributed by atoms with Crippen molar-refractivity contribution in [1.29, 1.82) is 0 Å². The third-order valence-corrected chi connectivity index (χ3v) is 5.97. The van der Waals surface area contributed by atoms with Crippen LogP contribution in [0.5, 0.6) is 17.2 Å². The number of rotatable bonds is 9. The monoisotopic (exact) mass is 458 g/mol. The van der Waals surface area contributed by atoms with Crippen LogP contribution in [0.2, 0.25) is 0 Å². The molecule has 0 aromatic heterocycles. The zero-order valence-corrected chi connectivity index (χ0v) is 19.7. The van der Waals surface area contributed by atoms with Gasteiger partial charge in [-0.2, -0.15) is 10.1 Å². The predicted octanol–water partition coefficient (Wildman–Crippen LogP) is 4.78. The minimum absolute atomic E-state index is 0.118. The van der Waals surface area contributed by atoms with Crippen molar-refractivity contribution in [2.45, 2.75) is 26.7 Å². The molecule has 2 aromatic rings. The quantitative estimate of drug-likeness (QED) is 0.306. The summed E-state index contributed by atoms with van der Waals surface area (Å²) in [4.78, 5) is 11.8. The molecule has 1 aliphatic heterocycles. The van der Waals surface area contributed by atoms with Gasteiger partial charge in [-0.05, 0) is 53.8 Å². The zero-order chi connectivity index (χ0) is 22.4. The highest BCUT2D eigenvalue weighted by Crippen LogP contribution is 2.29. The van der Waals surface area contributed by atoms with Crippen LogP contribution in [0.4, 0.5) is 0 Å². The third-order valence-electron chi connectivity index (χ3n) is 4.63. The molecule has 0 atom stereocenters. The minimum atomic E-state index is -0.118. The number of thioether (sulfide) groups is 1. The van der Waals surface area contributed by atoms with E-state index in [1.54, 1.807) is 19.4 Å². The van der Waals surface area contributed by atoms with Gasteiger partial charge in [0.05, 0.1) is 19.1 Å². The van der Waals surface area contributed by atoms with Crippen molar-refractivity contribution in [2.75, 3.05) is 26.1 Å². The van der Waals surface area contributed by atoms with E-state index in [2.05, 4.69) is 44.1 Å². The summed E-state index contributed by atoms with van der Waals surface area (Å²) in [5.74, 6) is 2.67. The Labute approximate surface area is 192 Å². The van der Waals surface area contributed by atoms with E-state index in [0.717, 1.165) is 16.9 Å². The maximum Gasteiger partial charge on any atom is 0.259 e. The highest BCUT2D eigenvalue weighted by atomic mass is 32.2. The Hall–Kier alpha value is -2.58. The van der Waals surface area contributed by atoms with E-state index in [-0.39, 0.29) is 5.91 Å². The number of amides is 1. The first-order valence-electron chi connectivity index (χ1n) is 9.97. The largest absolute Gasteiger partial charge is 0.493 e. The van der Waals surface area contributed by atoms with Gasteiger partial charge in [0.15, 0.2) is 15.8 Å². The molecule has 0 unspecified atom stereocenters. The van der Waals surface area contributed by atoms with E-state index in [1.807, 2.05) is 12.1 Å². The molecular weight excluding hydrogens is 432 g/mol. The molecule has 1 amide bonds. The molecule has 1 fully saturated rings. The van der Waals surface area contributed by atoms with Crippen molar-refractivity contribution in [1.82, 2.24) is 5.01 Å². The standard InChI is InChI=1S/C23H26N2O4S2/c1-15(2)18-7-5-16(3)11-20(18)29-10-9-28-19-8-6-17(12-21(19)27-4)13-24-25-22(26)14-31-23(25)30/h5-8,11-13,15H,9-10,14H2,1-4H3/b24-13-. The van der Waals surface area contributed by atoms with E-state index in [1.165, 1.54) is 22.3 Å². The van der Waals surface area contributed by atoms with E-state index < -0.39 is 0 Å². The number of methoxy groups -OCH3 is 1. The number of aryl methyl sites for hydroxylation is 1. The number of carbonyl (C=O) groups excluding carboxylic acids is 1. The Balaban J connectivity index is 1.59. The topological polar surface area (TPSA) is 60.4 Å². The van der Waals surface area contributed by atoms with Crippen LogP contribution < -0.4 is 14.2 Å². The smallest absolute Gasteiger partial charge is 0.259 e. The lowest BCUT2D eigenvalue weighted by Crippen LogP contribution is -2.22. The summed E-state index contributed by atoms with van der Waals surface area (Å²) < 4.78 is 17.7. The normalized spacial score (nSPS) is 14.0. The molecule has 0 spiro atoms. The van der Waals surface area contributed by atoms with Gasteiger partial charge in [0.1, 0.15) is 19.0 Å². The summed E-state index contributed by atoms with van der Waals surface area (Å²) >= 11 is 6.43. The van der Waals surface area contributed by atoms with Gasteiger partial charge in [-0.3, -0.25) is 4.79 Å². The second-order valence-corrected chi connectivity index (χ2v) is 8.92. The first-order valence-corrected chi connectivity index (χ1v) is 11.4. The van der Waals surface area contributed by atoms with Gasteiger partial charge in [-0.1, -0.05) is 50.0 Å². The summed E-state index contributed by atoms with van der Waals surface area (Å²) in [5.41, 5.74) is 3.12. The fourth-order valence-electron chi connectivity index (χ4n) is 3.01. The predicted molar refractivity (Wildman–Crippen MR) is 129 cm³/mol. The molecule has 1 heterocycles. The van der Waals surface area contributed by atoms with Gasteiger partial charge in [0, 0.05) is 0 Å². The second kappa shape index (κ2) is 10.6. The number of hydrazone groups is 1. The van der Waals surface area contributed by atoms with Gasteiger partial charge in [0.2, 0.25) is 0 Å². The molecule has 0 N–H and O–H groups in total. The number of nitrogens with zero attached hydrogens (tertiary/aromatic N) is 2. The lowest BCUT2D eigenvalue weighted by Gasteiger charge is -2.16. The zero-order valence-electron chi connectivity index (χ0n) is 18.1. The molecule has 1 aliphatic rings. The minimum Gasteiger partial charge on any atom is -0.493 e. The molecule has 164 valence electrons. The molecule has 2 aromatic carbocycles. The fourth-order valence-corrected chi connectivity index (χ4v) is 3.98. The Bertz CT molecular complexity index is 976. The first kappa shape index (κ1) is 23.1. The Kier molecular flexibility index (Phi) is 7.92. The van der Waals surface area contributed by atoms with Crippen molar-refractivity contribution in [2.24, 2.45) is 5.10 Å². The summed E-state index contributed by atoms with van der Waals surface area (Å²) in [6.45, 7) is 7.14. The SMILES string of the molecule is COc1cc(/C=N\N2C(=O)CSC2=S)ccc1OCCOc1cc(C)ccc1C(C)C. The van der Waals surface area contributed by atoms with E-state index >= 15 is 0 Å². The van der Waals surface area contributed by atoms with Crippen molar-refractivity contribution < 1.29 is 19.0 Å². The maximum absolute atomic E-state index is 11.8. The van der Waals surface area contributed by atoms with Crippen molar-refractivity contribution in [3.05, 3.63) is 53.1 Å². The molecular formula is C23H26N2O4S2. The highest BCUT2D eigenvalue weighted by Gasteiger charge is 2.26. The van der Waals surface area contributed by atoms with Crippen LogP contribution in [0.3, 0.4) is 0 Å². The number of hydrogen-bond acceptors (Lipinski definition) is 7. The van der Waals surface area contributed by atoms with Gasteiger partial charge in [-0.15, -0.1) is 0 Å². The van der Waals surface area contributed by atoms with Crippen molar-refractivity contribution >= 4 is 40.4 Å². The molecule has 6 nitrogen and oxygen atoms in total. The fraction of sp³-hybridized carbons (Fsp3) is 0.348. The van der Waals surface area contributed by atoms with Crippen molar-refractivity contribution in [3.63, 3.8) is 0 Å². The number of carbonyl (C=O) groups is 1. The Morgan fingerprint density at radius 3 is 2.52 bits per heavy atom. The van der Waals surface area contributed by atoms with Gasteiger partial charge >= 0.3 is 0 Å². The summed E-state index contributed by atoms with van der Waals surface area (Å²) in [5, 5.41) is 5.42. The maximum atomic E-state index is 11.8. The lowest BCUT2D eigenvalue weighted by atomic mass is 10.0. The number of thiocarbonyl (C=S) groups is 1. The van der Waals surface area contributed by atoms with Gasteiger partial charge in [-0.25, -0.2) is 0 Å². The van der Waals surface area contributed by atoms with E-state index in [4.69, 9.17) is 26.4 Å². The number of benzene rings is 2. The Morgan fingerprint density at radius 1 is 1.13 bits per heavy atom. The number of hydrogen-bond donors (Lipinski definition) is 0. The second-order valence-electron chi connectivity index (χ2n) is 7.31. The van der Waals surface area contributed by atoms with Crippen LogP contribution in [0.25, 0.3) is 0 Å². The van der Waals surface area contributed by atoms with Gasteiger partial charge < -0.3 is 14.2 Å². The molecule has 3 rings (SSSR count). The van der Waals surface area contributed by atoms with Crippen molar-refractivity contribution in [3.8, 4) is 17.2 Å². The van der Waals surface area contributed by atoms with E-state index in [0.29, 0.717) is 40.7 Å². The summed E-state index contributed by atoms with van der Waals surface area (Å²) in [7, 11) is 1.58. The molecule has 31 heavy (non-hydrogen) atoms. The number of ether oxygens (including phenoxy) is 3. The highest BCUT2D eigenvalue weighted by molar-refractivity contribution is 8.23. The molecule has 0 bridgehead atoms. The van der Waals surface area contributed by atoms with Crippen LogP contribution in [0, 0.1) is 6.92 Å². The average Bonchev–Trinajstić information content (AvgIpc) is 3.07.